The summed E-state index contributed by atoms with van der Waals surface area (Å²) in [6.45, 7) is 0.755. The fraction of sp³-hybridized carbons (Fsp3) is 0.600. The molecule has 1 rings (SSSR count). The highest BCUT2D eigenvalue weighted by Crippen LogP contribution is 2.23. The van der Waals surface area contributed by atoms with Crippen molar-refractivity contribution in [2.45, 2.75) is 31.7 Å². The number of rotatable bonds is 9. The Kier molecular flexibility index (Phi) is 7.30. The van der Waals surface area contributed by atoms with Gasteiger partial charge < -0.3 is 20.5 Å². The zero-order valence-corrected chi connectivity index (χ0v) is 12.2. The number of hydrogen-bond acceptors (Lipinski definition) is 4. The Hall–Kier alpha value is -1.26. The molecule has 0 bridgehead atoms. The van der Waals surface area contributed by atoms with Crippen LogP contribution < -0.4 is 20.5 Å². The predicted molar refractivity (Wildman–Crippen MR) is 79.0 cm³/mol. The Morgan fingerprint density at radius 2 is 1.74 bits per heavy atom. The second-order valence-corrected chi connectivity index (χ2v) is 4.68. The summed E-state index contributed by atoms with van der Waals surface area (Å²) in [7, 11) is 5.36. The van der Waals surface area contributed by atoms with E-state index in [1.165, 1.54) is 5.56 Å². The van der Waals surface area contributed by atoms with Crippen LogP contribution in [0, 0.1) is 0 Å². The van der Waals surface area contributed by atoms with Crippen molar-refractivity contribution in [2.24, 2.45) is 5.73 Å². The molecular formula is C15H26N2O2. The molecule has 0 saturated heterocycles. The van der Waals surface area contributed by atoms with E-state index in [1.807, 2.05) is 13.1 Å². The van der Waals surface area contributed by atoms with E-state index in [0.717, 1.165) is 43.7 Å². The molecule has 0 amide bonds. The zero-order valence-electron chi connectivity index (χ0n) is 12.2. The van der Waals surface area contributed by atoms with Gasteiger partial charge in [0.2, 0.25) is 0 Å². The summed E-state index contributed by atoms with van der Waals surface area (Å²) in [5, 5.41) is 3.35. The summed E-state index contributed by atoms with van der Waals surface area (Å²) in [4.78, 5) is 0. The third-order valence-corrected chi connectivity index (χ3v) is 3.36. The van der Waals surface area contributed by atoms with Gasteiger partial charge in [-0.05, 0) is 57.0 Å². The maximum atomic E-state index is 5.55. The summed E-state index contributed by atoms with van der Waals surface area (Å²) >= 11 is 0. The Balaban J connectivity index is 2.60. The SMILES string of the molecule is CNC(CCCN)CCc1cc(OC)cc(OC)c1. The quantitative estimate of drug-likeness (QED) is 0.717. The number of nitrogens with two attached hydrogens (primary N) is 1. The molecule has 1 aromatic rings. The van der Waals surface area contributed by atoms with Crippen molar-refractivity contribution in [1.29, 1.82) is 0 Å². The predicted octanol–water partition coefficient (Wildman–Crippen LogP) is 1.96. The first kappa shape index (κ1) is 15.8. The van der Waals surface area contributed by atoms with Gasteiger partial charge >= 0.3 is 0 Å². The van der Waals surface area contributed by atoms with Gasteiger partial charge in [0.15, 0.2) is 0 Å². The average molecular weight is 266 g/mol. The van der Waals surface area contributed by atoms with Crippen molar-refractivity contribution in [3.8, 4) is 11.5 Å². The van der Waals surface area contributed by atoms with Crippen LogP contribution in [0.4, 0.5) is 0 Å². The second kappa shape index (κ2) is 8.77. The van der Waals surface area contributed by atoms with Crippen LogP contribution >= 0.6 is 0 Å². The van der Waals surface area contributed by atoms with Gasteiger partial charge in [-0.1, -0.05) is 0 Å². The second-order valence-electron chi connectivity index (χ2n) is 4.68. The van der Waals surface area contributed by atoms with Crippen LogP contribution in [0.5, 0.6) is 11.5 Å². The molecule has 0 spiro atoms. The van der Waals surface area contributed by atoms with Crippen LogP contribution in [0.1, 0.15) is 24.8 Å². The smallest absolute Gasteiger partial charge is 0.122 e. The molecule has 108 valence electrons. The number of aryl methyl sites for hydroxylation is 1. The average Bonchev–Trinajstić information content (AvgIpc) is 2.47. The standard InChI is InChI=1S/C15H26N2O2/c1-17-13(5-4-8-16)7-6-12-9-14(18-2)11-15(10-12)19-3/h9-11,13,17H,4-8,16H2,1-3H3. The van der Waals surface area contributed by atoms with Crippen molar-refractivity contribution in [3.63, 3.8) is 0 Å². The zero-order chi connectivity index (χ0) is 14.1. The lowest BCUT2D eigenvalue weighted by Crippen LogP contribution is -2.26. The normalized spacial score (nSPS) is 12.2. The molecule has 0 aliphatic heterocycles. The molecule has 1 aromatic carbocycles. The van der Waals surface area contributed by atoms with Gasteiger partial charge in [-0.25, -0.2) is 0 Å². The minimum Gasteiger partial charge on any atom is -0.497 e. The van der Waals surface area contributed by atoms with Crippen LogP contribution in [0.15, 0.2) is 18.2 Å². The van der Waals surface area contributed by atoms with Crippen molar-refractivity contribution in [1.82, 2.24) is 5.32 Å². The molecule has 1 unspecified atom stereocenters. The van der Waals surface area contributed by atoms with Crippen molar-refractivity contribution in [2.75, 3.05) is 27.8 Å². The Labute approximate surface area is 116 Å². The van der Waals surface area contributed by atoms with Crippen molar-refractivity contribution >= 4 is 0 Å². The Morgan fingerprint density at radius 1 is 1.11 bits per heavy atom. The van der Waals surface area contributed by atoms with E-state index in [1.54, 1.807) is 14.2 Å². The van der Waals surface area contributed by atoms with Gasteiger partial charge in [0.25, 0.3) is 0 Å². The maximum Gasteiger partial charge on any atom is 0.122 e. The van der Waals surface area contributed by atoms with E-state index >= 15 is 0 Å². The molecule has 0 radical (unpaired) electrons. The van der Waals surface area contributed by atoms with Gasteiger partial charge in [-0.15, -0.1) is 0 Å². The number of nitrogens with one attached hydrogen (secondary N) is 1. The summed E-state index contributed by atoms with van der Waals surface area (Å²) in [6, 6.07) is 6.55. The molecular weight excluding hydrogens is 240 g/mol. The van der Waals surface area contributed by atoms with Gasteiger partial charge in [-0.3, -0.25) is 0 Å². The fourth-order valence-electron chi connectivity index (χ4n) is 2.15. The highest BCUT2D eigenvalue weighted by Gasteiger charge is 2.07. The van der Waals surface area contributed by atoms with E-state index in [9.17, 15) is 0 Å². The minimum absolute atomic E-state index is 0.515. The lowest BCUT2D eigenvalue weighted by molar-refractivity contribution is 0.392. The summed E-state index contributed by atoms with van der Waals surface area (Å²) in [5.74, 6) is 1.69. The summed E-state index contributed by atoms with van der Waals surface area (Å²) in [6.07, 6.45) is 4.28. The molecule has 0 aliphatic carbocycles. The largest absolute Gasteiger partial charge is 0.497 e. The third kappa shape index (κ3) is 5.49. The molecule has 4 heteroatoms. The monoisotopic (exact) mass is 266 g/mol. The molecule has 0 saturated carbocycles. The first-order valence-electron chi connectivity index (χ1n) is 6.82. The van der Waals surface area contributed by atoms with Gasteiger partial charge in [0.05, 0.1) is 14.2 Å². The van der Waals surface area contributed by atoms with Crippen LogP contribution in [-0.4, -0.2) is 33.9 Å². The maximum absolute atomic E-state index is 5.55. The third-order valence-electron chi connectivity index (χ3n) is 3.36. The topological polar surface area (TPSA) is 56.5 Å². The Morgan fingerprint density at radius 3 is 2.21 bits per heavy atom. The lowest BCUT2D eigenvalue weighted by Gasteiger charge is -2.16. The van der Waals surface area contributed by atoms with Crippen molar-refractivity contribution in [3.05, 3.63) is 23.8 Å². The van der Waals surface area contributed by atoms with E-state index in [2.05, 4.69) is 17.4 Å². The molecule has 0 aliphatic rings. The highest BCUT2D eigenvalue weighted by atomic mass is 16.5. The molecule has 4 nitrogen and oxygen atoms in total. The molecule has 0 aromatic heterocycles. The van der Waals surface area contributed by atoms with E-state index in [-0.39, 0.29) is 0 Å². The highest BCUT2D eigenvalue weighted by molar-refractivity contribution is 5.38. The van der Waals surface area contributed by atoms with Crippen LogP contribution in [0.3, 0.4) is 0 Å². The number of hydrogen-bond donors (Lipinski definition) is 2. The molecule has 3 N–H and O–H groups in total. The molecule has 0 heterocycles. The number of methoxy groups -OCH3 is 2. The van der Waals surface area contributed by atoms with E-state index in [0.29, 0.717) is 6.04 Å². The van der Waals surface area contributed by atoms with Crippen LogP contribution in [0.25, 0.3) is 0 Å². The first-order chi connectivity index (χ1) is 9.23. The van der Waals surface area contributed by atoms with E-state index in [4.69, 9.17) is 15.2 Å². The van der Waals surface area contributed by atoms with Gasteiger partial charge in [0, 0.05) is 12.1 Å². The molecule has 0 fully saturated rings. The lowest BCUT2D eigenvalue weighted by atomic mass is 10.0. The Bertz CT molecular complexity index is 347. The first-order valence-corrected chi connectivity index (χ1v) is 6.82. The van der Waals surface area contributed by atoms with Crippen LogP contribution in [0.2, 0.25) is 0 Å². The molecule has 19 heavy (non-hydrogen) atoms. The summed E-state index contributed by atoms with van der Waals surface area (Å²) < 4.78 is 10.6. The van der Waals surface area contributed by atoms with Crippen LogP contribution in [-0.2, 0) is 6.42 Å². The van der Waals surface area contributed by atoms with Crippen molar-refractivity contribution < 1.29 is 9.47 Å². The summed E-state index contributed by atoms with van der Waals surface area (Å²) in [5.41, 5.74) is 6.79. The number of benzene rings is 1. The molecule has 1 atom stereocenters. The van der Waals surface area contributed by atoms with Gasteiger partial charge in [-0.2, -0.15) is 0 Å². The van der Waals surface area contributed by atoms with E-state index < -0.39 is 0 Å². The fourth-order valence-corrected chi connectivity index (χ4v) is 2.15. The van der Waals surface area contributed by atoms with Gasteiger partial charge in [0.1, 0.15) is 11.5 Å². The number of ether oxygens (including phenoxy) is 2. The minimum atomic E-state index is 0.515.